The van der Waals surface area contributed by atoms with E-state index in [2.05, 4.69) is 10.3 Å². The second-order valence-electron chi connectivity index (χ2n) is 6.82. The van der Waals surface area contributed by atoms with Crippen molar-refractivity contribution in [3.8, 4) is 0 Å². The van der Waals surface area contributed by atoms with E-state index in [0.717, 1.165) is 15.0 Å². The number of benzene rings is 1. The molecular weight excluding hydrogens is 409 g/mol. The Kier molecular flexibility index (Phi) is 5.08. The van der Waals surface area contributed by atoms with E-state index in [1.54, 1.807) is 12.1 Å². The molecule has 0 aliphatic rings. The number of hydrogen-bond donors (Lipinski definition) is 1. The molecule has 0 aliphatic carbocycles. The number of amides is 1. The Hall–Kier alpha value is -3.53. The van der Waals surface area contributed by atoms with Crippen LogP contribution >= 0.6 is 11.3 Å². The minimum Gasteiger partial charge on any atom is -0.343 e. The van der Waals surface area contributed by atoms with Gasteiger partial charge in [0.1, 0.15) is 12.4 Å². The number of aryl methyl sites for hydroxylation is 1. The summed E-state index contributed by atoms with van der Waals surface area (Å²) in [5.74, 6) is -0.714. The molecule has 0 radical (unpaired) electrons. The Morgan fingerprint density at radius 2 is 1.90 bits per heavy atom. The largest absolute Gasteiger partial charge is 0.343 e. The maximum Gasteiger partial charge on any atom is 0.332 e. The summed E-state index contributed by atoms with van der Waals surface area (Å²) in [5, 5.41) is 4.84. The first-order chi connectivity index (χ1) is 14.4. The van der Waals surface area contributed by atoms with E-state index in [4.69, 9.17) is 0 Å². The predicted octanol–water partition coefficient (Wildman–Crippen LogP) is 1.54. The summed E-state index contributed by atoms with van der Waals surface area (Å²) < 4.78 is 17.0. The zero-order valence-corrected chi connectivity index (χ0v) is 17.0. The molecule has 0 unspecified atom stereocenters. The summed E-state index contributed by atoms with van der Waals surface area (Å²) in [5.41, 5.74) is 0.109. The van der Waals surface area contributed by atoms with Crippen molar-refractivity contribution in [1.82, 2.24) is 24.0 Å². The molecule has 0 fully saturated rings. The second kappa shape index (κ2) is 7.71. The third-order valence-electron chi connectivity index (χ3n) is 4.87. The number of halogens is 1. The molecule has 0 bridgehead atoms. The lowest BCUT2D eigenvalue weighted by Gasteiger charge is -2.18. The van der Waals surface area contributed by atoms with Gasteiger partial charge in [0, 0.05) is 19.0 Å². The van der Waals surface area contributed by atoms with Gasteiger partial charge in [-0.25, -0.2) is 14.2 Å². The van der Waals surface area contributed by atoms with E-state index in [1.165, 1.54) is 53.0 Å². The molecule has 3 aromatic heterocycles. The van der Waals surface area contributed by atoms with Crippen LogP contribution in [-0.4, -0.2) is 24.6 Å². The van der Waals surface area contributed by atoms with Gasteiger partial charge in [-0.3, -0.25) is 18.7 Å². The maximum atomic E-state index is 13.3. The average Bonchev–Trinajstić information content (AvgIpc) is 3.40. The van der Waals surface area contributed by atoms with Crippen LogP contribution in [-0.2, 0) is 25.4 Å². The summed E-state index contributed by atoms with van der Waals surface area (Å²) in [4.78, 5) is 42.5. The number of aromatic nitrogens is 4. The van der Waals surface area contributed by atoms with Gasteiger partial charge in [-0.2, -0.15) is 0 Å². The number of hydrogen-bond acceptors (Lipinski definition) is 5. The first-order valence-corrected chi connectivity index (χ1v) is 9.94. The third kappa shape index (κ3) is 3.45. The quantitative estimate of drug-likeness (QED) is 0.523. The summed E-state index contributed by atoms with van der Waals surface area (Å²) in [6, 6.07) is 9.23. The van der Waals surface area contributed by atoms with Crippen molar-refractivity contribution >= 4 is 28.4 Å². The standard InChI is InChI=1S/C20H18FN5O3S/c1-24-18-17(19(28)25(2)20(24)29)26(11-22-18)10-15(27)23-16(14-4-3-9-30-14)12-5-7-13(21)8-6-12/h3-9,11,16H,10H2,1-2H3,(H,23,27)/t16-/m1/s1. The number of carbonyl (C=O) groups excluding carboxylic acids is 1. The van der Waals surface area contributed by atoms with Crippen LogP contribution in [0.4, 0.5) is 4.39 Å². The highest BCUT2D eigenvalue weighted by Gasteiger charge is 2.20. The smallest absolute Gasteiger partial charge is 0.332 e. The van der Waals surface area contributed by atoms with Crippen molar-refractivity contribution < 1.29 is 9.18 Å². The molecule has 10 heteroatoms. The first-order valence-electron chi connectivity index (χ1n) is 9.06. The summed E-state index contributed by atoms with van der Waals surface area (Å²) in [6.07, 6.45) is 1.36. The van der Waals surface area contributed by atoms with Crippen LogP contribution in [0.5, 0.6) is 0 Å². The van der Waals surface area contributed by atoms with Gasteiger partial charge in [0.15, 0.2) is 11.2 Å². The molecule has 0 saturated heterocycles. The van der Waals surface area contributed by atoms with Crippen molar-refractivity contribution in [3.05, 3.63) is 85.2 Å². The highest BCUT2D eigenvalue weighted by molar-refractivity contribution is 7.10. The molecule has 30 heavy (non-hydrogen) atoms. The number of nitrogens with zero attached hydrogens (tertiary/aromatic N) is 4. The van der Waals surface area contributed by atoms with E-state index < -0.39 is 17.3 Å². The highest BCUT2D eigenvalue weighted by atomic mass is 32.1. The molecule has 3 heterocycles. The Morgan fingerprint density at radius 3 is 2.57 bits per heavy atom. The lowest BCUT2D eigenvalue weighted by atomic mass is 10.1. The van der Waals surface area contributed by atoms with Crippen molar-refractivity contribution in [1.29, 1.82) is 0 Å². The van der Waals surface area contributed by atoms with Gasteiger partial charge in [-0.15, -0.1) is 11.3 Å². The third-order valence-corrected chi connectivity index (χ3v) is 5.80. The molecule has 8 nitrogen and oxygen atoms in total. The molecule has 1 amide bonds. The van der Waals surface area contributed by atoms with Crippen LogP contribution < -0.4 is 16.6 Å². The summed E-state index contributed by atoms with van der Waals surface area (Å²) in [6.45, 7) is -0.160. The topological polar surface area (TPSA) is 90.9 Å². The lowest BCUT2D eigenvalue weighted by Crippen LogP contribution is -2.38. The number of imidazole rings is 1. The van der Waals surface area contributed by atoms with Crippen molar-refractivity contribution in [2.45, 2.75) is 12.6 Å². The first kappa shape index (κ1) is 19.8. The SMILES string of the molecule is Cn1c(=O)c2c(ncn2CC(=O)N[C@H](c2ccc(F)cc2)c2cccs2)n(C)c1=O. The van der Waals surface area contributed by atoms with Gasteiger partial charge in [-0.05, 0) is 29.1 Å². The molecule has 1 atom stereocenters. The number of nitrogens with one attached hydrogen (secondary N) is 1. The molecule has 4 aromatic rings. The van der Waals surface area contributed by atoms with Gasteiger partial charge in [0.05, 0.1) is 12.4 Å². The molecule has 154 valence electrons. The van der Waals surface area contributed by atoms with E-state index >= 15 is 0 Å². The number of rotatable bonds is 5. The monoisotopic (exact) mass is 427 g/mol. The minimum atomic E-state index is -0.522. The van der Waals surface area contributed by atoms with E-state index in [9.17, 15) is 18.8 Å². The van der Waals surface area contributed by atoms with E-state index in [1.807, 2.05) is 17.5 Å². The van der Waals surface area contributed by atoms with Crippen LogP contribution in [0.1, 0.15) is 16.5 Å². The number of carbonyl (C=O) groups is 1. The number of fused-ring (bicyclic) bond motifs is 1. The summed E-state index contributed by atoms with van der Waals surface area (Å²) >= 11 is 1.47. The van der Waals surface area contributed by atoms with Gasteiger partial charge in [-0.1, -0.05) is 18.2 Å². The fourth-order valence-electron chi connectivity index (χ4n) is 3.31. The summed E-state index contributed by atoms with van der Waals surface area (Å²) in [7, 11) is 2.89. The van der Waals surface area contributed by atoms with Gasteiger partial charge >= 0.3 is 5.69 Å². The van der Waals surface area contributed by atoms with Crippen LogP contribution in [0.2, 0.25) is 0 Å². The minimum absolute atomic E-state index is 0.160. The van der Waals surface area contributed by atoms with E-state index in [-0.39, 0.29) is 29.4 Å². The molecule has 1 aromatic carbocycles. The van der Waals surface area contributed by atoms with Crippen LogP contribution in [0.3, 0.4) is 0 Å². The Balaban J connectivity index is 1.66. The molecule has 0 saturated carbocycles. The van der Waals surface area contributed by atoms with E-state index in [0.29, 0.717) is 0 Å². The van der Waals surface area contributed by atoms with Crippen LogP contribution in [0, 0.1) is 5.82 Å². The molecule has 1 N–H and O–H groups in total. The zero-order valence-electron chi connectivity index (χ0n) is 16.2. The normalized spacial score (nSPS) is 12.2. The zero-order chi connectivity index (χ0) is 21.4. The fraction of sp³-hybridized carbons (Fsp3) is 0.200. The van der Waals surface area contributed by atoms with Gasteiger partial charge < -0.3 is 9.88 Å². The highest BCUT2D eigenvalue weighted by Crippen LogP contribution is 2.26. The van der Waals surface area contributed by atoms with Crippen molar-refractivity contribution in [3.63, 3.8) is 0 Å². The lowest BCUT2D eigenvalue weighted by molar-refractivity contribution is -0.122. The predicted molar refractivity (Wildman–Crippen MR) is 111 cm³/mol. The maximum absolute atomic E-state index is 13.3. The Bertz CT molecular complexity index is 1340. The van der Waals surface area contributed by atoms with Crippen molar-refractivity contribution in [2.75, 3.05) is 0 Å². The molecule has 0 aliphatic heterocycles. The average molecular weight is 427 g/mol. The Labute approximate surface area is 173 Å². The van der Waals surface area contributed by atoms with Gasteiger partial charge in [0.25, 0.3) is 5.56 Å². The van der Waals surface area contributed by atoms with Crippen molar-refractivity contribution in [2.24, 2.45) is 14.1 Å². The fourth-order valence-corrected chi connectivity index (χ4v) is 4.11. The molecular formula is C20H18FN5O3S. The molecule has 0 spiro atoms. The second-order valence-corrected chi connectivity index (χ2v) is 7.80. The van der Waals surface area contributed by atoms with Crippen LogP contribution in [0.25, 0.3) is 11.2 Å². The van der Waals surface area contributed by atoms with Gasteiger partial charge in [0.2, 0.25) is 5.91 Å². The van der Waals surface area contributed by atoms with Crippen LogP contribution in [0.15, 0.2) is 57.7 Å². The number of thiophene rings is 1. The molecule has 4 rings (SSSR count). The Morgan fingerprint density at radius 1 is 1.17 bits per heavy atom.